The number of nitrogens with one attached hydrogen (secondary N) is 2. The number of nitrogens with zero attached hydrogens (tertiary/aromatic N) is 2. The molecular weight excluding hydrogens is 316 g/mol. The minimum Gasteiger partial charge on any atom is -0.379 e. The molecule has 3 heterocycles. The molecule has 0 fully saturated rings. The van der Waals surface area contributed by atoms with E-state index in [0.717, 1.165) is 22.2 Å². The standard InChI is InChI=1S/C19H22N4O2/c1-13(2)25-7-3-4-18(24)23-17-9-16(10-20-12-17)15-8-14-5-6-21-19(14)22-11-15/h5-6,8-13H,3-4,7H2,1-2H3,(H,21,22)(H,23,24). The summed E-state index contributed by atoms with van der Waals surface area (Å²) in [6.07, 6.45) is 8.38. The Kier molecular flexibility index (Phi) is 5.40. The molecule has 0 aliphatic heterocycles. The molecule has 0 unspecified atom stereocenters. The summed E-state index contributed by atoms with van der Waals surface area (Å²) in [7, 11) is 0. The number of anilines is 1. The topological polar surface area (TPSA) is 79.9 Å². The van der Waals surface area contributed by atoms with Crippen molar-refractivity contribution < 1.29 is 9.53 Å². The maximum Gasteiger partial charge on any atom is 0.224 e. The first-order valence-corrected chi connectivity index (χ1v) is 8.42. The lowest BCUT2D eigenvalue weighted by molar-refractivity contribution is -0.116. The SMILES string of the molecule is CC(C)OCCCC(=O)Nc1cncc(-c2cnc3[nH]ccc3c2)c1. The second-order valence-corrected chi connectivity index (χ2v) is 6.17. The normalized spacial score (nSPS) is 11.2. The van der Waals surface area contributed by atoms with E-state index in [1.165, 1.54) is 0 Å². The van der Waals surface area contributed by atoms with Crippen molar-refractivity contribution in [2.75, 3.05) is 11.9 Å². The number of rotatable bonds is 7. The van der Waals surface area contributed by atoms with E-state index in [-0.39, 0.29) is 12.0 Å². The predicted molar refractivity (Wildman–Crippen MR) is 98.3 cm³/mol. The summed E-state index contributed by atoms with van der Waals surface area (Å²) < 4.78 is 5.45. The molecule has 3 rings (SSSR count). The number of ether oxygens (including phenoxy) is 1. The maximum atomic E-state index is 12.0. The molecule has 3 aromatic heterocycles. The van der Waals surface area contributed by atoms with E-state index in [1.54, 1.807) is 18.6 Å². The fourth-order valence-electron chi connectivity index (χ4n) is 2.54. The average molecular weight is 338 g/mol. The van der Waals surface area contributed by atoms with Crippen LogP contribution < -0.4 is 5.32 Å². The van der Waals surface area contributed by atoms with Gasteiger partial charge in [-0.05, 0) is 38.5 Å². The molecule has 0 saturated heterocycles. The Hall–Kier alpha value is -2.73. The van der Waals surface area contributed by atoms with Crippen LogP contribution in [0.25, 0.3) is 22.2 Å². The van der Waals surface area contributed by atoms with Crippen molar-refractivity contribution in [3.05, 3.63) is 43.0 Å². The van der Waals surface area contributed by atoms with Gasteiger partial charge in [0.05, 0.1) is 18.0 Å². The maximum absolute atomic E-state index is 12.0. The summed E-state index contributed by atoms with van der Waals surface area (Å²) >= 11 is 0. The van der Waals surface area contributed by atoms with Crippen molar-refractivity contribution >= 4 is 22.6 Å². The molecule has 1 amide bonds. The van der Waals surface area contributed by atoms with Gasteiger partial charge in [-0.2, -0.15) is 0 Å². The molecule has 3 aromatic rings. The van der Waals surface area contributed by atoms with Crippen molar-refractivity contribution in [1.29, 1.82) is 0 Å². The molecule has 0 aliphatic rings. The average Bonchev–Trinajstić information content (AvgIpc) is 3.06. The molecule has 0 bridgehead atoms. The van der Waals surface area contributed by atoms with E-state index in [2.05, 4.69) is 20.3 Å². The van der Waals surface area contributed by atoms with E-state index in [1.807, 2.05) is 38.2 Å². The summed E-state index contributed by atoms with van der Waals surface area (Å²) in [6.45, 7) is 4.56. The van der Waals surface area contributed by atoms with Gasteiger partial charge in [-0.3, -0.25) is 9.78 Å². The number of carbonyl (C=O) groups excluding carboxylic acids is 1. The van der Waals surface area contributed by atoms with Gasteiger partial charge in [0, 0.05) is 48.1 Å². The largest absolute Gasteiger partial charge is 0.379 e. The molecule has 6 heteroatoms. The Morgan fingerprint density at radius 1 is 1.24 bits per heavy atom. The first-order valence-electron chi connectivity index (χ1n) is 8.42. The fraction of sp³-hybridized carbons (Fsp3) is 0.316. The first kappa shape index (κ1) is 17.1. The molecule has 0 saturated carbocycles. The monoisotopic (exact) mass is 338 g/mol. The van der Waals surface area contributed by atoms with Crippen LogP contribution in [-0.4, -0.2) is 33.6 Å². The highest BCUT2D eigenvalue weighted by Gasteiger charge is 2.06. The van der Waals surface area contributed by atoms with Gasteiger partial charge < -0.3 is 15.0 Å². The zero-order valence-corrected chi connectivity index (χ0v) is 14.5. The Morgan fingerprint density at radius 3 is 2.92 bits per heavy atom. The molecule has 130 valence electrons. The van der Waals surface area contributed by atoms with Crippen molar-refractivity contribution in [2.45, 2.75) is 32.8 Å². The number of carbonyl (C=O) groups is 1. The third-order valence-corrected chi connectivity index (χ3v) is 3.75. The minimum absolute atomic E-state index is 0.0366. The van der Waals surface area contributed by atoms with Crippen molar-refractivity contribution in [1.82, 2.24) is 15.0 Å². The van der Waals surface area contributed by atoms with Gasteiger partial charge >= 0.3 is 0 Å². The molecule has 2 N–H and O–H groups in total. The highest BCUT2D eigenvalue weighted by molar-refractivity contribution is 5.91. The number of hydrogen-bond acceptors (Lipinski definition) is 4. The van der Waals surface area contributed by atoms with Gasteiger partial charge in [-0.1, -0.05) is 0 Å². The summed E-state index contributed by atoms with van der Waals surface area (Å²) in [5.41, 5.74) is 3.41. The zero-order valence-electron chi connectivity index (χ0n) is 14.5. The number of hydrogen-bond donors (Lipinski definition) is 2. The van der Waals surface area contributed by atoms with Gasteiger partial charge in [-0.25, -0.2) is 4.98 Å². The first-order chi connectivity index (χ1) is 12.1. The lowest BCUT2D eigenvalue weighted by atomic mass is 10.1. The van der Waals surface area contributed by atoms with Crippen LogP contribution in [0.3, 0.4) is 0 Å². The second-order valence-electron chi connectivity index (χ2n) is 6.17. The van der Waals surface area contributed by atoms with E-state index in [0.29, 0.717) is 25.1 Å². The molecule has 0 aliphatic carbocycles. The van der Waals surface area contributed by atoms with Gasteiger partial charge in [0.25, 0.3) is 0 Å². The lowest BCUT2D eigenvalue weighted by Gasteiger charge is -2.09. The Morgan fingerprint density at radius 2 is 2.08 bits per heavy atom. The summed E-state index contributed by atoms with van der Waals surface area (Å²) in [5.74, 6) is -0.0366. The molecule has 0 spiro atoms. The van der Waals surface area contributed by atoms with Crippen LogP contribution >= 0.6 is 0 Å². The third kappa shape index (κ3) is 4.64. The summed E-state index contributed by atoms with van der Waals surface area (Å²) in [6, 6.07) is 5.93. The van der Waals surface area contributed by atoms with Gasteiger partial charge in [-0.15, -0.1) is 0 Å². The number of H-pyrrole nitrogens is 1. The van der Waals surface area contributed by atoms with Crippen LogP contribution in [-0.2, 0) is 9.53 Å². The van der Waals surface area contributed by atoms with Crippen molar-refractivity contribution in [3.8, 4) is 11.1 Å². The van der Waals surface area contributed by atoms with E-state index < -0.39 is 0 Å². The highest BCUT2D eigenvalue weighted by Crippen LogP contribution is 2.23. The lowest BCUT2D eigenvalue weighted by Crippen LogP contribution is -2.13. The smallest absolute Gasteiger partial charge is 0.224 e. The van der Waals surface area contributed by atoms with E-state index in [9.17, 15) is 4.79 Å². The number of fused-ring (bicyclic) bond motifs is 1. The van der Waals surface area contributed by atoms with Crippen LogP contribution in [0.1, 0.15) is 26.7 Å². The molecule has 25 heavy (non-hydrogen) atoms. The minimum atomic E-state index is -0.0366. The van der Waals surface area contributed by atoms with Gasteiger partial charge in [0.15, 0.2) is 0 Å². The number of aromatic nitrogens is 3. The fourth-order valence-corrected chi connectivity index (χ4v) is 2.54. The molecule has 0 atom stereocenters. The number of amides is 1. The van der Waals surface area contributed by atoms with Crippen LogP contribution in [0.2, 0.25) is 0 Å². The number of aromatic amines is 1. The quantitative estimate of drug-likeness (QED) is 0.643. The Labute approximate surface area is 146 Å². The third-order valence-electron chi connectivity index (χ3n) is 3.75. The summed E-state index contributed by atoms with van der Waals surface area (Å²) in [4.78, 5) is 23.7. The molecule has 0 radical (unpaired) electrons. The van der Waals surface area contributed by atoms with E-state index >= 15 is 0 Å². The Bertz CT molecular complexity index is 857. The van der Waals surface area contributed by atoms with Crippen LogP contribution in [0.5, 0.6) is 0 Å². The highest BCUT2D eigenvalue weighted by atomic mass is 16.5. The van der Waals surface area contributed by atoms with Crippen LogP contribution in [0.15, 0.2) is 43.0 Å². The molecule has 0 aromatic carbocycles. The number of pyridine rings is 2. The Balaban J connectivity index is 1.64. The van der Waals surface area contributed by atoms with Crippen molar-refractivity contribution in [3.63, 3.8) is 0 Å². The summed E-state index contributed by atoms with van der Waals surface area (Å²) in [5, 5.41) is 3.93. The van der Waals surface area contributed by atoms with Crippen LogP contribution in [0.4, 0.5) is 5.69 Å². The van der Waals surface area contributed by atoms with Crippen LogP contribution in [0, 0.1) is 0 Å². The van der Waals surface area contributed by atoms with Crippen molar-refractivity contribution in [2.24, 2.45) is 0 Å². The second kappa shape index (κ2) is 7.90. The zero-order chi connectivity index (χ0) is 17.6. The predicted octanol–water partition coefficient (Wildman–Crippen LogP) is 3.77. The van der Waals surface area contributed by atoms with Gasteiger partial charge in [0.2, 0.25) is 5.91 Å². The molecule has 6 nitrogen and oxygen atoms in total. The van der Waals surface area contributed by atoms with E-state index in [4.69, 9.17) is 4.74 Å². The molecular formula is C19H22N4O2. The van der Waals surface area contributed by atoms with Gasteiger partial charge in [0.1, 0.15) is 5.65 Å².